The molecule has 6 heteroatoms. The van der Waals surface area contributed by atoms with Crippen LogP contribution in [0.5, 0.6) is 5.75 Å². The highest BCUT2D eigenvalue weighted by Crippen LogP contribution is 2.35. The fraction of sp³-hybridized carbons (Fsp3) is 0.133. The van der Waals surface area contributed by atoms with Gasteiger partial charge in [-0.1, -0.05) is 17.7 Å². The van der Waals surface area contributed by atoms with E-state index >= 15 is 0 Å². The molecular formula is C15H15ClN2O3. The number of methoxy groups -OCH3 is 1. The molecule has 2 rings (SSSR count). The number of nitrogens with one attached hydrogen (secondary N) is 1. The highest BCUT2D eigenvalue weighted by Gasteiger charge is 2.13. The molecule has 0 aliphatic carbocycles. The SMILES string of the molecule is COc1cc(Cl)c(C)cc1Nc1cccc(C(=O)O)c1N. The topological polar surface area (TPSA) is 84.6 Å². The van der Waals surface area contributed by atoms with Crippen molar-refractivity contribution in [2.75, 3.05) is 18.2 Å². The van der Waals surface area contributed by atoms with Gasteiger partial charge in [-0.15, -0.1) is 0 Å². The minimum Gasteiger partial charge on any atom is -0.495 e. The Balaban J connectivity index is 2.46. The summed E-state index contributed by atoms with van der Waals surface area (Å²) >= 11 is 6.06. The van der Waals surface area contributed by atoms with Crippen LogP contribution in [0.25, 0.3) is 0 Å². The predicted molar refractivity (Wildman–Crippen MR) is 83.8 cm³/mol. The number of carboxylic acids is 1. The number of halogens is 1. The molecule has 110 valence electrons. The second-order valence-corrected chi connectivity index (χ2v) is 4.91. The van der Waals surface area contributed by atoms with Gasteiger partial charge in [0, 0.05) is 11.1 Å². The molecule has 0 aromatic heterocycles. The first-order valence-electron chi connectivity index (χ1n) is 6.17. The van der Waals surface area contributed by atoms with Gasteiger partial charge in [-0.2, -0.15) is 0 Å². The third-order valence-corrected chi connectivity index (χ3v) is 3.49. The van der Waals surface area contributed by atoms with E-state index < -0.39 is 5.97 Å². The van der Waals surface area contributed by atoms with Crippen LogP contribution in [0.2, 0.25) is 5.02 Å². The van der Waals surface area contributed by atoms with Gasteiger partial charge in [0.15, 0.2) is 0 Å². The summed E-state index contributed by atoms with van der Waals surface area (Å²) < 4.78 is 5.27. The molecule has 0 heterocycles. The Morgan fingerprint density at radius 1 is 1.33 bits per heavy atom. The summed E-state index contributed by atoms with van der Waals surface area (Å²) in [6.07, 6.45) is 0. The van der Waals surface area contributed by atoms with Crippen molar-refractivity contribution < 1.29 is 14.6 Å². The molecule has 21 heavy (non-hydrogen) atoms. The molecule has 2 aromatic carbocycles. The lowest BCUT2D eigenvalue weighted by Gasteiger charge is -2.15. The second kappa shape index (κ2) is 5.93. The molecule has 2 aromatic rings. The van der Waals surface area contributed by atoms with E-state index in [4.69, 9.17) is 27.2 Å². The van der Waals surface area contributed by atoms with Gasteiger partial charge in [0.25, 0.3) is 0 Å². The minimum atomic E-state index is -1.07. The zero-order valence-electron chi connectivity index (χ0n) is 11.6. The Kier molecular flexibility index (Phi) is 4.23. The van der Waals surface area contributed by atoms with E-state index in [1.165, 1.54) is 13.2 Å². The van der Waals surface area contributed by atoms with Gasteiger partial charge < -0.3 is 20.9 Å². The first kappa shape index (κ1) is 15.0. The lowest BCUT2D eigenvalue weighted by Crippen LogP contribution is -2.06. The van der Waals surface area contributed by atoms with Crippen LogP contribution in [-0.4, -0.2) is 18.2 Å². The summed E-state index contributed by atoms with van der Waals surface area (Å²) in [6, 6.07) is 8.28. The number of aromatic carboxylic acids is 1. The molecule has 0 unspecified atom stereocenters. The molecule has 0 saturated heterocycles. The number of hydrogen-bond acceptors (Lipinski definition) is 4. The summed E-state index contributed by atoms with van der Waals surface area (Å²) in [5.74, 6) is -0.527. The molecule has 5 nitrogen and oxygen atoms in total. The van der Waals surface area contributed by atoms with E-state index in [1.54, 1.807) is 18.2 Å². The van der Waals surface area contributed by atoms with Crippen LogP contribution in [0, 0.1) is 6.92 Å². The molecule has 0 spiro atoms. The van der Waals surface area contributed by atoms with Crippen LogP contribution >= 0.6 is 11.6 Å². The van der Waals surface area contributed by atoms with Crippen molar-refractivity contribution in [1.82, 2.24) is 0 Å². The van der Waals surface area contributed by atoms with Crippen LogP contribution in [0.15, 0.2) is 30.3 Å². The number of aryl methyl sites for hydroxylation is 1. The number of hydrogen-bond donors (Lipinski definition) is 3. The van der Waals surface area contributed by atoms with Crippen molar-refractivity contribution in [2.24, 2.45) is 0 Å². The lowest BCUT2D eigenvalue weighted by molar-refractivity contribution is 0.0698. The van der Waals surface area contributed by atoms with E-state index in [0.29, 0.717) is 22.1 Å². The monoisotopic (exact) mass is 306 g/mol. The fourth-order valence-corrected chi connectivity index (χ4v) is 2.09. The number of carbonyl (C=O) groups is 1. The fourth-order valence-electron chi connectivity index (χ4n) is 1.94. The number of nitrogens with two attached hydrogens (primary N) is 1. The van der Waals surface area contributed by atoms with Crippen molar-refractivity contribution in [3.8, 4) is 5.75 Å². The number of rotatable bonds is 4. The lowest BCUT2D eigenvalue weighted by atomic mass is 10.1. The Labute approximate surface area is 127 Å². The Morgan fingerprint density at radius 3 is 2.67 bits per heavy atom. The molecule has 0 radical (unpaired) electrons. The standard InChI is InChI=1S/C15H15ClN2O3/c1-8-6-12(13(21-2)7-10(8)16)18-11-5-3-4-9(14(11)17)15(19)20/h3-7,18H,17H2,1-2H3,(H,19,20). The Morgan fingerprint density at radius 2 is 2.05 bits per heavy atom. The van der Waals surface area contributed by atoms with Crippen molar-refractivity contribution in [2.45, 2.75) is 6.92 Å². The molecule has 0 amide bonds. The largest absolute Gasteiger partial charge is 0.495 e. The predicted octanol–water partition coefficient (Wildman–Crippen LogP) is 3.68. The van der Waals surface area contributed by atoms with E-state index in [-0.39, 0.29) is 11.3 Å². The van der Waals surface area contributed by atoms with Gasteiger partial charge in [-0.25, -0.2) is 4.79 Å². The maximum absolute atomic E-state index is 11.1. The third kappa shape index (κ3) is 3.03. The normalized spacial score (nSPS) is 10.2. The molecule has 0 atom stereocenters. The first-order chi connectivity index (χ1) is 9.93. The quantitative estimate of drug-likeness (QED) is 0.750. The van der Waals surface area contributed by atoms with Crippen molar-refractivity contribution >= 4 is 34.6 Å². The maximum Gasteiger partial charge on any atom is 0.337 e. The average Bonchev–Trinajstić information content (AvgIpc) is 2.44. The molecular weight excluding hydrogens is 292 g/mol. The van der Waals surface area contributed by atoms with Gasteiger partial charge >= 0.3 is 5.97 Å². The van der Waals surface area contributed by atoms with Crippen molar-refractivity contribution in [3.63, 3.8) is 0 Å². The first-order valence-corrected chi connectivity index (χ1v) is 6.54. The number of benzene rings is 2. The minimum absolute atomic E-state index is 0.0460. The van der Waals surface area contributed by atoms with E-state index in [9.17, 15) is 4.79 Å². The van der Waals surface area contributed by atoms with Gasteiger partial charge in [-0.3, -0.25) is 0 Å². The molecule has 0 aliphatic heterocycles. The number of anilines is 3. The molecule has 0 saturated carbocycles. The van der Waals surface area contributed by atoms with Crippen LogP contribution in [0.4, 0.5) is 17.1 Å². The van der Waals surface area contributed by atoms with Crippen LogP contribution < -0.4 is 15.8 Å². The Hall–Kier alpha value is -2.40. The average molecular weight is 307 g/mol. The van der Waals surface area contributed by atoms with E-state index in [1.807, 2.05) is 13.0 Å². The molecule has 0 bridgehead atoms. The summed E-state index contributed by atoms with van der Waals surface area (Å²) in [4.78, 5) is 11.1. The van der Waals surface area contributed by atoms with E-state index in [2.05, 4.69) is 5.32 Å². The smallest absolute Gasteiger partial charge is 0.337 e. The highest BCUT2D eigenvalue weighted by atomic mass is 35.5. The van der Waals surface area contributed by atoms with Gasteiger partial charge in [-0.05, 0) is 30.7 Å². The molecule has 0 fully saturated rings. The zero-order valence-corrected chi connectivity index (χ0v) is 12.4. The van der Waals surface area contributed by atoms with Crippen molar-refractivity contribution in [3.05, 3.63) is 46.5 Å². The summed E-state index contributed by atoms with van der Waals surface area (Å²) in [5, 5.41) is 12.8. The maximum atomic E-state index is 11.1. The Bertz CT molecular complexity index is 702. The molecule has 0 aliphatic rings. The number of para-hydroxylation sites is 1. The summed E-state index contributed by atoms with van der Waals surface area (Å²) in [7, 11) is 1.53. The second-order valence-electron chi connectivity index (χ2n) is 4.50. The van der Waals surface area contributed by atoms with Gasteiger partial charge in [0.1, 0.15) is 5.75 Å². The number of nitrogen functional groups attached to an aromatic ring is 1. The summed E-state index contributed by atoms with van der Waals surface area (Å²) in [5.41, 5.74) is 8.12. The van der Waals surface area contributed by atoms with E-state index in [0.717, 1.165) is 5.56 Å². The number of carboxylic acid groups (broad SMARTS) is 1. The third-order valence-electron chi connectivity index (χ3n) is 3.09. The summed E-state index contributed by atoms with van der Waals surface area (Å²) in [6.45, 7) is 1.87. The van der Waals surface area contributed by atoms with Gasteiger partial charge in [0.05, 0.1) is 29.7 Å². The van der Waals surface area contributed by atoms with Crippen LogP contribution in [-0.2, 0) is 0 Å². The zero-order chi connectivity index (χ0) is 15.6. The molecule has 4 N–H and O–H groups in total. The highest BCUT2D eigenvalue weighted by molar-refractivity contribution is 6.31. The van der Waals surface area contributed by atoms with Crippen LogP contribution in [0.3, 0.4) is 0 Å². The van der Waals surface area contributed by atoms with Gasteiger partial charge in [0.2, 0.25) is 0 Å². The number of ether oxygens (including phenoxy) is 1. The van der Waals surface area contributed by atoms with Crippen LogP contribution in [0.1, 0.15) is 15.9 Å². The van der Waals surface area contributed by atoms with Crippen molar-refractivity contribution in [1.29, 1.82) is 0 Å².